The Hall–Kier alpha value is -2.40. The number of pyridine rings is 1. The number of para-hydroxylation sites is 1. The number of fused-ring (bicyclic) bond motifs is 1. The van der Waals surface area contributed by atoms with Gasteiger partial charge in [-0.05, 0) is 36.4 Å². The van der Waals surface area contributed by atoms with Crippen molar-refractivity contribution in [3.05, 3.63) is 75.4 Å². The molecule has 0 radical (unpaired) electrons. The van der Waals surface area contributed by atoms with Crippen LogP contribution < -0.4 is 0 Å². The van der Waals surface area contributed by atoms with Gasteiger partial charge >= 0.3 is 0 Å². The van der Waals surface area contributed by atoms with Gasteiger partial charge in [-0.25, -0.2) is 4.98 Å². The van der Waals surface area contributed by atoms with Crippen LogP contribution in [0.15, 0.2) is 48.5 Å². The van der Waals surface area contributed by atoms with E-state index in [1.807, 2.05) is 30.3 Å². The lowest BCUT2D eigenvalue weighted by molar-refractivity contribution is 0.104. The fraction of sp³-hybridized carbons (Fsp3) is 0.100. The maximum atomic E-state index is 12.5. The SMILES string of the molecule is COCc1cc(O)cc(C(=O)/C=C/c2cc3ccccc3nc2Cl)c1Cl. The fourth-order valence-corrected chi connectivity index (χ4v) is 3.05. The van der Waals surface area contributed by atoms with E-state index in [0.29, 0.717) is 16.3 Å². The standard InChI is InChI=1S/C20H15Cl2NO3/c1-26-11-14-9-15(24)10-16(19(14)21)18(25)7-6-13-8-12-4-2-3-5-17(12)23-20(13)22/h2-10,24H,11H2,1H3/b7-6+. The van der Waals surface area contributed by atoms with Crippen molar-refractivity contribution in [1.29, 1.82) is 0 Å². The topological polar surface area (TPSA) is 59.4 Å². The number of carbonyl (C=O) groups is 1. The number of hydrogen-bond acceptors (Lipinski definition) is 4. The molecule has 0 aliphatic heterocycles. The molecular weight excluding hydrogens is 373 g/mol. The number of allylic oxidation sites excluding steroid dienone is 1. The third-order valence-corrected chi connectivity index (χ3v) is 4.57. The summed E-state index contributed by atoms with van der Waals surface area (Å²) in [5.74, 6) is -0.406. The largest absolute Gasteiger partial charge is 0.508 e. The zero-order valence-corrected chi connectivity index (χ0v) is 15.4. The van der Waals surface area contributed by atoms with Gasteiger partial charge in [0.2, 0.25) is 0 Å². The van der Waals surface area contributed by atoms with E-state index in [9.17, 15) is 9.90 Å². The second-order valence-electron chi connectivity index (χ2n) is 5.66. The Morgan fingerprint density at radius 2 is 2.00 bits per heavy atom. The lowest BCUT2D eigenvalue weighted by Gasteiger charge is -2.08. The molecule has 0 aliphatic rings. The van der Waals surface area contributed by atoms with Crippen LogP contribution in [0.3, 0.4) is 0 Å². The molecule has 0 unspecified atom stereocenters. The molecule has 0 spiro atoms. The van der Waals surface area contributed by atoms with Crippen LogP contribution in [-0.2, 0) is 11.3 Å². The number of halogens is 2. The van der Waals surface area contributed by atoms with Gasteiger partial charge < -0.3 is 9.84 Å². The smallest absolute Gasteiger partial charge is 0.187 e. The maximum Gasteiger partial charge on any atom is 0.187 e. The van der Waals surface area contributed by atoms with Gasteiger partial charge in [-0.15, -0.1) is 0 Å². The molecule has 4 nitrogen and oxygen atoms in total. The van der Waals surface area contributed by atoms with Crippen LogP contribution in [0.4, 0.5) is 0 Å². The van der Waals surface area contributed by atoms with Crippen molar-refractivity contribution in [3.63, 3.8) is 0 Å². The summed E-state index contributed by atoms with van der Waals surface area (Å²) in [6, 6.07) is 12.2. The van der Waals surface area contributed by atoms with Crippen molar-refractivity contribution < 1.29 is 14.6 Å². The predicted octanol–water partition coefficient (Wildman–Crippen LogP) is 5.29. The number of aromatic hydroxyl groups is 1. The first-order valence-corrected chi connectivity index (χ1v) is 8.53. The number of ether oxygens (including phenoxy) is 1. The molecule has 132 valence electrons. The summed E-state index contributed by atoms with van der Waals surface area (Å²) >= 11 is 12.5. The number of phenols is 1. The van der Waals surface area contributed by atoms with Crippen molar-refractivity contribution in [2.24, 2.45) is 0 Å². The normalized spacial score (nSPS) is 11.3. The molecular formula is C20H15Cl2NO3. The molecule has 0 saturated carbocycles. The molecule has 0 atom stereocenters. The molecule has 0 saturated heterocycles. The van der Waals surface area contributed by atoms with Crippen LogP contribution in [0.2, 0.25) is 10.2 Å². The predicted molar refractivity (Wildman–Crippen MR) is 104 cm³/mol. The number of aromatic nitrogens is 1. The van der Waals surface area contributed by atoms with Gasteiger partial charge in [-0.3, -0.25) is 4.79 Å². The summed E-state index contributed by atoms with van der Waals surface area (Å²) < 4.78 is 5.03. The van der Waals surface area contributed by atoms with Gasteiger partial charge in [0.15, 0.2) is 5.78 Å². The van der Waals surface area contributed by atoms with Gasteiger partial charge in [0.25, 0.3) is 0 Å². The van der Waals surface area contributed by atoms with E-state index in [0.717, 1.165) is 10.9 Å². The molecule has 0 bridgehead atoms. The number of phenolic OH excluding ortho intramolecular Hbond substituents is 1. The van der Waals surface area contributed by atoms with Crippen LogP contribution in [0.5, 0.6) is 5.75 Å². The molecule has 1 heterocycles. The van der Waals surface area contributed by atoms with Crippen LogP contribution in [0.1, 0.15) is 21.5 Å². The summed E-state index contributed by atoms with van der Waals surface area (Å²) in [5, 5.41) is 11.3. The van der Waals surface area contributed by atoms with Crippen molar-refractivity contribution in [3.8, 4) is 5.75 Å². The lowest BCUT2D eigenvalue weighted by Crippen LogP contribution is -2.00. The second-order valence-corrected chi connectivity index (χ2v) is 6.39. The summed E-state index contributed by atoms with van der Waals surface area (Å²) in [6.07, 6.45) is 2.94. The van der Waals surface area contributed by atoms with E-state index in [4.69, 9.17) is 27.9 Å². The number of ketones is 1. The monoisotopic (exact) mass is 387 g/mol. The zero-order valence-electron chi connectivity index (χ0n) is 13.9. The number of benzene rings is 2. The second kappa shape index (κ2) is 7.87. The first-order chi connectivity index (χ1) is 12.5. The lowest BCUT2D eigenvalue weighted by atomic mass is 10.0. The van der Waals surface area contributed by atoms with Gasteiger partial charge in [0, 0.05) is 29.2 Å². The average molecular weight is 388 g/mol. The van der Waals surface area contributed by atoms with Crippen molar-refractivity contribution in [1.82, 2.24) is 4.98 Å². The molecule has 6 heteroatoms. The van der Waals surface area contributed by atoms with E-state index >= 15 is 0 Å². The minimum Gasteiger partial charge on any atom is -0.508 e. The van der Waals surface area contributed by atoms with E-state index in [2.05, 4.69) is 4.98 Å². The molecule has 1 aromatic heterocycles. The Bertz CT molecular complexity index is 1020. The Labute approximate surface area is 160 Å². The molecule has 26 heavy (non-hydrogen) atoms. The van der Waals surface area contributed by atoms with Crippen LogP contribution in [0, 0.1) is 0 Å². The number of carbonyl (C=O) groups excluding carboxylic acids is 1. The van der Waals surface area contributed by atoms with E-state index in [1.54, 1.807) is 6.08 Å². The van der Waals surface area contributed by atoms with E-state index < -0.39 is 0 Å². The van der Waals surface area contributed by atoms with Crippen molar-refractivity contribution in [2.75, 3.05) is 7.11 Å². The zero-order chi connectivity index (χ0) is 18.7. The van der Waals surface area contributed by atoms with Crippen molar-refractivity contribution >= 4 is 46.0 Å². The average Bonchev–Trinajstić information content (AvgIpc) is 2.62. The highest BCUT2D eigenvalue weighted by Gasteiger charge is 2.14. The molecule has 3 rings (SSSR count). The maximum absolute atomic E-state index is 12.5. The minimum atomic E-state index is -0.354. The third-order valence-electron chi connectivity index (χ3n) is 3.82. The molecule has 0 aliphatic carbocycles. The third kappa shape index (κ3) is 3.88. The molecule has 0 amide bonds. The summed E-state index contributed by atoms with van der Waals surface area (Å²) in [6.45, 7) is 0.192. The number of methoxy groups -OCH3 is 1. The Morgan fingerprint density at radius 3 is 2.77 bits per heavy atom. The van der Waals surface area contributed by atoms with Crippen molar-refractivity contribution in [2.45, 2.75) is 6.61 Å². The highest BCUT2D eigenvalue weighted by Crippen LogP contribution is 2.28. The van der Waals surface area contributed by atoms with Crippen LogP contribution >= 0.6 is 23.2 Å². The van der Waals surface area contributed by atoms with Gasteiger partial charge in [-0.1, -0.05) is 41.4 Å². The van der Waals surface area contributed by atoms with E-state index in [-0.39, 0.29) is 28.7 Å². The quantitative estimate of drug-likeness (QED) is 0.367. The van der Waals surface area contributed by atoms with E-state index in [1.165, 1.54) is 25.3 Å². The van der Waals surface area contributed by atoms with Crippen LogP contribution in [0.25, 0.3) is 17.0 Å². The Morgan fingerprint density at radius 1 is 1.23 bits per heavy atom. The number of hydrogen-bond donors (Lipinski definition) is 1. The first kappa shape index (κ1) is 18.4. The summed E-state index contributed by atoms with van der Waals surface area (Å²) in [7, 11) is 1.51. The fourth-order valence-electron chi connectivity index (χ4n) is 2.59. The Kier molecular flexibility index (Phi) is 5.57. The molecule has 0 fully saturated rings. The van der Waals surface area contributed by atoms with Gasteiger partial charge in [0.1, 0.15) is 10.9 Å². The molecule has 2 aromatic carbocycles. The van der Waals surface area contributed by atoms with Gasteiger partial charge in [-0.2, -0.15) is 0 Å². The molecule has 3 aromatic rings. The number of rotatable bonds is 5. The minimum absolute atomic E-state index is 0.0522. The summed E-state index contributed by atoms with van der Waals surface area (Å²) in [5.41, 5.74) is 2.13. The Balaban J connectivity index is 1.94. The van der Waals surface area contributed by atoms with Gasteiger partial charge in [0.05, 0.1) is 17.1 Å². The van der Waals surface area contributed by atoms with Crippen LogP contribution in [-0.4, -0.2) is 23.0 Å². The highest BCUT2D eigenvalue weighted by molar-refractivity contribution is 6.35. The first-order valence-electron chi connectivity index (χ1n) is 7.77. The highest BCUT2D eigenvalue weighted by atomic mass is 35.5. The summed E-state index contributed by atoms with van der Waals surface area (Å²) in [4.78, 5) is 16.9. The number of nitrogens with zero attached hydrogens (tertiary/aromatic N) is 1. The molecule has 1 N–H and O–H groups in total.